The molecule has 1 amide bonds. The van der Waals surface area contributed by atoms with Crippen molar-refractivity contribution in [2.75, 3.05) is 20.7 Å². The zero-order chi connectivity index (χ0) is 21.1. The Bertz CT molecular complexity index is 683. The van der Waals surface area contributed by atoms with Gasteiger partial charge < -0.3 is 0 Å². The summed E-state index contributed by atoms with van der Waals surface area (Å²) in [7, 11) is 3.59. The Balaban J connectivity index is 3.09. The van der Waals surface area contributed by atoms with Gasteiger partial charge in [0.05, 0.1) is 0 Å². The Labute approximate surface area is 182 Å². The molecule has 1 aromatic carbocycles. The first kappa shape index (κ1) is 24.4. The fourth-order valence-electron chi connectivity index (χ4n) is 3.58. The zero-order valence-corrected chi connectivity index (χ0v) is 22.6. The molecule has 0 saturated carbocycles. The number of benzene rings is 1. The fourth-order valence-corrected chi connectivity index (χ4v) is 4.82. The SMILES string of the molecule is Cc1c(C)c(OCC(C)CC(C)(C)C(C)[O][Pb])c(C)c(C(=O)N(C)C)c1C. The second-order valence-corrected chi connectivity index (χ2v) is 9.69. The molecule has 151 valence electrons. The van der Waals surface area contributed by atoms with Crippen LogP contribution >= 0.6 is 0 Å². The maximum absolute atomic E-state index is 12.7. The summed E-state index contributed by atoms with van der Waals surface area (Å²) in [5.41, 5.74) is 5.13. The third-order valence-corrected chi connectivity index (χ3v) is 7.21. The van der Waals surface area contributed by atoms with Crippen LogP contribution in [0.5, 0.6) is 5.75 Å². The molecule has 0 aliphatic heterocycles. The van der Waals surface area contributed by atoms with Crippen molar-refractivity contribution >= 4 is 32.1 Å². The molecule has 3 radical (unpaired) electrons. The van der Waals surface area contributed by atoms with Crippen LogP contribution in [-0.2, 0) is 2.69 Å². The topological polar surface area (TPSA) is 38.8 Å². The minimum atomic E-state index is 0.0326. The number of ether oxygens (including phenoxy) is 1. The molecule has 4 nitrogen and oxygen atoms in total. The summed E-state index contributed by atoms with van der Waals surface area (Å²) in [6, 6.07) is 0. The Morgan fingerprint density at radius 2 is 1.59 bits per heavy atom. The van der Waals surface area contributed by atoms with Crippen molar-refractivity contribution < 1.29 is 12.2 Å². The van der Waals surface area contributed by atoms with Gasteiger partial charge in [-0.15, -0.1) is 0 Å². The van der Waals surface area contributed by atoms with E-state index in [1.54, 1.807) is 19.0 Å². The second kappa shape index (κ2) is 9.72. The molecule has 0 aromatic heterocycles. The summed E-state index contributed by atoms with van der Waals surface area (Å²) >= 11 is 0.760. The van der Waals surface area contributed by atoms with Crippen LogP contribution in [0.3, 0.4) is 0 Å². The zero-order valence-electron chi connectivity index (χ0n) is 18.7. The monoisotopic (exact) mass is 570 g/mol. The molecule has 5 heteroatoms. The molecule has 1 rings (SSSR count). The molecule has 0 aliphatic rings. The van der Waals surface area contributed by atoms with Gasteiger partial charge in [-0.05, 0) is 0 Å². The van der Waals surface area contributed by atoms with Crippen LogP contribution < -0.4 is 4.74 Å². The van der Waals surface area contributed by atoms with E-state index in [4.69, 9.17) is 7.42 Å². The Morgan fingerprint density at radius 3 is 2.07 bits per heavy atom. The van der Waals surface area contributed by atoms with Gasteiger partial charge in [-0.25, -0.2) is 0 Å². The van der Waals surface area contributed by atoms with E-state index in [1.807, 2.05) is 13.8 Å². The molecule has 0 saturated heterocycles. The summed E-state index contributed by atoms with van der Waals surface area (Å²) < 4.78 is 12.0. The van der Waals surface area contributed by atoms with E-state index in [1.165, 1.54) is 0 Å². The first-order chi connectivity index (χ1) is 12.3. The van der Waals surface area contributed by atoms with E-state index in [0.29, 0.717) is 12.5 Å². The van der Waals surface area contributed by atoms with Crippen LogP contribution in [0.1, 0.15) is 66.7 Å². The van der Waals surface area contributed by atoms with Gasteiger partial charge in [0.2, 0.25) is 0 Å². The molecule has 27 heavy (non-hydrogen) atoms. The minimum absolute atomic E-state index is 0.0326. The van der Waals surface area contributed by atoms with Crippen molar-refractivity contribution in [3.8, 4) is 5.75 Å². The summed E-state index contributed by atoms with van der Waals surface area (Å²) in [6.45, 7) is 17.7. The number of hydrogen-bond donors (Lipinski definition) is 0. The first-order valence-electron chi connectivity index (χ1n) is 9.62. The summed E-state index contributed by atoms with van der Waals surface area (Å²) in [5.74, 6) is 1.29. The van der Waals surface area contributed by atoms with Gasteiger partial charge in [0.15, 0.2) is 0 Å². The van der Waals surface area contributed by atoms with Gasteiger partial charge in [0.1, 0.15) is 0 Å². The van der Waals surface area contributed by atoms with Gasteiger partial charge in [-0.1, -0.05) is 0 Å². The average Bonchev–Trinajstić information content (AvgIpc) is 2.58. The normalized spacial score (nSPS) is 14.0. The molecule has 2 unspecified atom stereocenters. The van der Waals surface area contributed by atoms with Crippen molar-refractivity contribution in [1.29, 1.82) is 0 Å². The quantitative estimate of drug-likeness (QED) is 0.432. The molecule has 2 atom stereocenters. The third kappa shape index (κ3) is 5.69. The molecule has 0 N–H and O–H groups in total. The number of carbonyl (C=O) groups excluding carboxylic acids is 1. The predicted octanol–water partition coefficient (Wildman–Crippen LogP) is 4.54. The van der Waals surface area contributed by atoms with E-state index in [9.17, 15) is 4.79 Å². The van der Waals surface area contributed by atoms with Crippen LogP contribution in [0.2, 0.25) is 0 Å². The van der Waals surface area contributed by atoms with Crippen molar-refractivity contribution in [2.45, 2.75) is 67.9 Å². The molecule has 0 heterocycles. The predicted molar refractivity (Wildman–Crippen MR) is 113 cm³/mol. The third-order valence-electron chi connectivity index (χ3n) is 5.84. The molecule has 0 aliphatic carbocycles. The number of rotatable bonds is 8. The van der Waals surface area contributed by atoms with E-state index in [-0.39, 0.29) is 17.4 Å². The Kier molecular flexibility index (Phi) is 8.79. The molecular formula is C22H36NO3Pb. The van der Waals surface area contributed by atoms with Crippen LogP contribution in [0.15, 0.2) is 0 Å². The van der Waals surface area contributed by atoms with Crippen molar-refractivity contribution in [1.82, 2.24) is 4.90 Å². The van der Waals surface area contributed by atoms with Gasteiger partial charge in [0, 0.05) is 14.1 Å². The number of carbonyl (C=O) groups is 1. The number of amides is 1. The van der Waals surface area contributed by atoms with Crippen LogP contribution in [0.4, 0.5) is 0 Å². The van der Waals surface area contributed by atoms with Gasteiger partial charge >= 0.3 is 169 Å². The average molecular weight is 570 g/mol. The molecule has 0 spiro atoms. The van der Waals surface area contributed by atoms with E-state index >= 15 is 0 Å². The van der Waals surface area contributed by atoms with Gasteiger partial charge in [-0.2, -0.15) is 0 Å². The molecular weight excluding hydrogens is 533 g/mol. The van der Waals surface area contributed by atoms with E-state index < -0.39 is 0 Å². The van der Waals surface area contributed by atoms with E-state index in [2.05, 4.69) is 41.5 Å². The number of nitrogens with zero attached hydrogens (tertiary/aromatic N) is 1. The van der Waals surface area contributed by atoms with E-state index in [0.717, 1.165) is 66.2 Å². The van der Waals surface area contributed by atoms with Crippen molar-refractivity contribution in [3.05, 3.63) is 27.8 Å². The molecule has 0 bridgehead atoms. The second-order valence-electron chi connectivity index (χ2n) is 8.77. The van der Waals surface area contributed by atoms with Gasteiger partial charge in [-0.3, -0.25) is 0 Å². The Morgan fingerprint density at radius 1 is 1.04 bits per heavy atom. The summed E-state index contributed by atoms with van der Waals surface area (Å²) in [5, 5.41) is 0. The molecule has 1 aromatic rings. The summed E-state index contributed by atoms with van der Waals surface area (Å²) in [6.07, 6.45) is 1.28. The van der Waals surface area contributed by atoms with Crippen LogP contribution in [0, 0.1) is 39.0 Å². The maximum atomic E-state index is 12.7. The number of hydrogen-bond acceptors (Lipinski definition) is 3. The fraction of sp³-hybridized carbons (Fsp3) is 0.682. The van der Waals surface area contributed by atoms with Crippen molar-refractivity contribution in [2.24, 2.45) is 11.3 Å². The van der Waals surface area contributed by atoms with Crippen molar-refractivity contribution in [3.63, 3.8) is 0 Å². The molecule has 0 fully saturated rings. The summed E-state index contributed by atoms with van der Waals surface area (Å²) in [4.78, 5) is 14.3. The first-order valence-corrected chi connectivity index (χ1v) is 11.2. The van der Waals surface area contributed by atoms with Crippen LogP contribution in [0.25, 0.3) is 0 Å². The Hall–Kier alpha value is -0.628. The standard InChI is InChI=1S/C22H36NO3.Pb/c1-13(11-22(7,8)18(6)24)12-26-20-16(4)14(2)15(3)19(17(20)5)21(25)23(9)10;/h13,18H,11-12H2,1-10H3;/q-1;+1. The van der Waals surface area contributed by atoms with Crippen LogP contribution in [-0.4, -0.2) is 63.8 Å². The van der Waals surface area contributed by atoms with Gasteiger partial charge in [0.25, 0.3) is 0 Å².